The fourth-order valence-electron chi connectivity index (χ4n) is 2.32. The average Bonchev–Trinajstić information content (AvgIpc) is 2.82. The van der Waals surface area contributed by atoms with Crippen molar-refractivity contribution >= 4 is 29.3 Å². The number of aryl methyl sites for hydroxylation is 1. The van der Waals surface area contributed by atoms with Crippen LogP contribution in [0.1, 0.15) is 22.2 Å². The summed E-state index contributed by atoms with van der Waals surface area (Å²) in [6, 6.07) is 13.8. The first-order valence-corrected chi connectivity index (χ1v) is 6.66. The van der Waals surface area contributed by atoms with Crippen molar-refractivity contribution in [1.29, 1.82) is 0 Å². The Morgan fingerprint density at radius 3 is 2.68 bits per heavy atom. The van der Waals surface area contributed by atoms with Crippen LogP contribution >= 0.6 is 12.6 Å². The highest BCUT2D eigenvalue weighted by Gasteiger charge is 2.18. The number of nitrogens with one attached hydrogen (secondary N) is 1. The molecule has 1 unspecified atom stereocenters. The maximum Gasteiger partial charge on any atom is 0.124 e. The number of thiol groups is 1. The van der Waals surface area contributed by atoms with E-state index in [0.717, 1.165) is 33.7 Å². The topological polar surface area (TPSA) is 54.7 Å². The molecule has 3 N–H and O–H groups in total. The van der Waals surface area contributed by atoms with Crippen molar-refractivity contribution in [1.82, 2.24) is 9.97 Å². The molecule has 96 valence electrons. The Bertz CT molecular complexity index is 680. The SMILES string of the molecule is Cc1cccc(N)c1C(S)c1nc2ccccc2[nH]1. The molecule has 0 aliphatic heterocycles. The quantitative estimate of drug-likeness (QED) is 0.493. The molecule has 0 saturated heterocycles. The number of benzene rings is 2. The summed E-state index contributed by atoms with van der Waals surface area (Å²) in [7, 11) is 0. The number of nitrogens with zero attached hydrogens (tertiary/aromatic N) is 1. The Balaban J connectivity index is 2.10. The van der Waals surface area contributed by atoms with Crippen LogP contribution in [0.3, 0.4) is 0 Å². The Morgan fingerprint density at radius 1 is 1.16 bits per heavy atom. The number of hydrogen-bond acceptors (Lipinski definition) is 3. The zero-order valence-corrected chi connectivity index (χ0v) is 11.5. The van der Waals surface area contributed by atoms with Crippen molar-refractivity contribution in [2.24, 2.45) is 0 Å². The van der Waals surface area contributed by atoms with Crippen LogP contribution in [-0.2, 0) is 0 Å². The summed E-state index contributed by atoms with van der Waals surface area (Å²) in [6.07, 6.45) is 0. The summed E-state index contributed by atoms with van der Waals surface area (Å²) in [5, 5.41) is -0.145. The van der Waals surface area contributed by atoms with E-state index in [1.807, 2.05) is 49.4 Å². The lowest BCUT2D eigenvalue weighted by molar-refractivity contribution is 1.01. The summed E-state index contributed by atoms with van der Waals surface area (Å²) in [5.74, 6) is 0.825. The molecule has 0 amide bonds. The highest BCUT2D eigenvalue weighted by molar-refractivity contribution is 7.80. The average molecular weight is 269 g/mol. The molecule has 19 heavy (non-hydrogen) atoms. The van der Waals surface area contributed by atoms with E-state index in [-0.39, 0.29) is 5.25 Å². The van der Waals surface area contributed by atoms with Crippen molar-refractivity contribution in [3.05, 3.63) is 59.4 Å². The Labute approximate surface area is 117 Å². The fraction of sp³-hybridized carbons (Fsp3) is 0.133. The number of aromatic amines is 1. The largest absolute Gasteiger partial charge is 0.398 e. The summed E-state index contributed by atoms with van der Waals surface area (Å²) < 4.78 is 0. The van der Waals surface area contributed by atoms with Gasteiger partial charge in [0.25, 0.3) is 0 Å². The fourth-order valence-corrected chi connectivity index (χ4v) is 2.79. The maximum atomic E-state index is 6.06. The molecular formula is C15H15N3S. The van der Waals surface area contributed by atoms with E-state index >= 15 is 0 Å². The van der Waals surface area contributed by atoms with Crippen LogP contribution in [0.2, 0.25) is 0 Å². The van der Waals surface area contributed by atoms with Crippen LogP contribution in [0.4, 0.5) is 5.69 Å². The molecule has 4 heteroatoms. The van der Waals surface area contributed by atoms with Gasteiger partial charge in [-0.1, -0.05) is 24.3 Å². The molecule has 0 aliphatic carbocycles. The second-order valence-corrected chi connectivity index (χ2v) is 5.14. The number of hydrogen-bond donors (Lipinski definition) is 3. The molecule has 0 bridgehead atoms. The third-order valence-electron chi connectivity index (χ3n) is 3.30. The van der Waals surface area contributed by atoms with Crippen molar-refractivity contribution in [2.45, 2.75) is 12.2 Å². The number of nitrogen functional groups attached to an aromatic ring is 1. The Hall–Kier alpha value is -1.94. The summed E-state index contributed by atoms with van der Waals surface area (Å²) >= 11 is 4.69. The van der Waals surface area contributed by atoms with Crippen LogP contribution in [-0.4, -0.2) is 9.97 Å². The maximum absolute atomic E-state index is 6.06. The van der Waals surface area contributed by atoms with Gasteiger partial charge in [-0.05, 0) is 36.2 Å². The van der Waals surface area contributed by atoms with Gasteiger partial charge in [0.15, 0.2) is 0 Å². The number of para-hydroxylation sites is 2. The minimum atomic E-state index is -0.145. The van der Waals surface area contributed by atoms with Crippen molar-refractivity contribution < 1.29 is 0 Å². The van der Waals surface area contributed by atoms with Crippen LogP contribution in [0.5, 0.6) is 0 Å². The molecule has 0 fully saturated rings. The van der Waals surface area contributed by atoms with Crippen LogP contribution in [0, 0.1) is 6.92 Å². The summed E-state index contributed by atoms with van der Waals surface area (Å²) in [6.45, 7) is 2.04. The molecule has 1 heterocycles. The van der Waals surface area contributed by atoms with E-state index < -0.39 is 0 Å². The minimum Gasteiger partial charge on any atom is -0.398 e. The molecule has 1 atom stereocenters. The smallest absolute Gasteiger partial charge is 0.124 e. The summed E-state index contributed by atoms with van der Waals surface area (Å²) in [4.78, 5) is 7.89. The van der Waals surface area contributed by atoms with Gasteiger partial charge in [0, 0.05) is 5.69 Å². The van der Waals surface area contributed by atoms with Gasteiger partial charge in [-0.3, -0.25) is 0 Å². The molecule has 3 aromatic rings. The molecule has 0 aliphatic rings. The van der Waals surface area contributed by atoms with Gasteiger partial charge in [0.2, 0.25) is 0 Å². The van der Waals surface area contributed by atoms with Gasteiger partial charge in [-0.2, -0.15) is 12.6 Å². The normalized spacial score (nSPS) is 12.7. The van der Waals surface area contributed by atoms with Gasteiger partial charge in [-0.25, -0.2) is 4.98 Å². The van der Waals surface area contributed by atoms with E-state index in [1.165, 1.54) is 0 Å². The van der Waals surface area contributed by atoms with Crippen molar-refractivity contribution in [2.75, 3.05) is 5.73 Å². The lowest BCUT2D eigenvalue weighted by Gasteiger charge is -2.14. The monoisotopic (exact) mass is 269 g/mol. The minimum absolute atomic E-state index is 0.145. The molecule has 0 saturated carbocycles. The molecule has 3 nitrogen and oxygen atoms in total. The van der Waals surface area contributed by atoms with Gasteiger partial charge < -0.3 is 10.7 Å². The molecule has 1 aromatic heterocycles. The van der Waals surface area contributed by atoms with E-state index in [0.29, 0.717) is 0 Å². The van der Waals surface area contributed by atoms with Crippen molar-refractivity contribution in [3.8, 4) is 0 Å². The molecule has 3 rings (SSSR count). The molecule has 0 spiro atoms. The third kappa shape index (κ3) is 2.08. The number of rotatable bonds is 2. The number of fused-ring (bicyclic) bond motifs is 1. The highest BCUT2D eigenvalue weighted by Crippen LogP contribution is 2.33. The predicted molar refractivity (Wildman–Crippen MR) is 82.5 cm³/mol. The first kappa shape index (κ1) is 12.1. The molecular weight excluding hydrogens is 254 g/mol. The standard InChI is InChI=1S/C15H15N3S/c1-9-5-4-6-10(16)13(9)14(19)15-17-11-7-2-3-8-12(11)18-15/h2-8,14,19H,16H2,1H3,(H,17,18). The van der Waals surface area contributed by atoms with E-state index in [2.05, 4.69) is 22.6 Å². The zero-order chi connectivity index (χ0) is 13.4. The van der Waals surface area contributed by atoms with Crippen LogP contribution < -0.4 is 5.73 Å². The van der Waals surface area contributed by atoms with E-state index in [1.54, 1.807) is 0 Å². The lowest BCUT2D eigenvalue weighted by Crippen LogP contribution is -2.03. The first-order chi connectivity index (χ1) is 9.16. The number of imidazole rings is 1. The second kappa shape index (κ2) is 4.63. The highest BCUT2D eigenvalue weighted by atomic mass is 32.1. The van der Waals surface area contributed by atoms with E-state index in [9.17, 15) is 0 Å². The lowest BCUT2D eigenvalue weighted by atomic mass is 10.0. The Kier molecular flexibility index (Phi) is 2.95. The number of aromatic nitrogens is 2. The number of nitrogens with two attached hydrogens (primary N) is 1. The van der Waals surface area contributed by atoms with Crippen molar-refractivity contribution in [3.63, 3.8) is 0 Å². The third-order valence-corrected chi connectivity index (χ3v) is 3.80. The van der Waals surface area contributed by atoms with Gasteiger partial charge >= 0.3 is 0 Å². The number of anilines is 1. The van der Waals surface area contributed by atoms with Crippen LogP contribution in [0.25, 0.3) is 11.0 Å². The van der Waals surface area contributed by atoms with Gasteiger partial charge in [0.1, 0.15) is 5.82 Å². The van der Waals surface area contributed by atoms with Gasteiger partial charge in [-0.15, -0.1) is 0 Å². The van der Waals surface area contributed by atoms with Crippen LogP contribution in [0.15, 0.2) is 42.5 Å². The zero-order valence-electron chi connectivity index (χ0n) is 10.6. The van der Waals surface area contributed by atoms with Gasteiger partial charge in [0.05, 0.1) is 16.3 Å². The summed E-state index contributed by atoms with van der Waals surface area (Å²) in [5.41, 5.74) is 10.9. The predicted octanol–water partition coefficient (Wildman–Crippen LogP) is 3.47. The van der Waals surface area contributed by atoms with E-state index in [4.69, 9.17) is 5.73 Å². The Morgan fingerprint density at radius 2 is 1.95 bits per heavy atom. The molecule has 0 radical (unpaired) electrons. The first-order valence-electron chi connectivity index (χ1n) is 6.14. The molecule has 2 aromatic carbocycles. The second-order valence-electron chi connectivity index (χ2n) is 4.62. The number of H-pyrrole nitrogens is 1.